The van der Waals surface area contributed by atoms with Crippen LogP contribution in [0.2, 0.25) is 0 Å². The van der Waals surface area contributed by atoms with Crippen molar-refractivity contribution < 1.29 is 13.6 Å². The van der Waals surface area contributed by atoms with E-state index in [0.29, 0.717) is 29.8 Å². The van der Waals surface area contributed by atoms with Gasteiger partial charge in [0.1, 0.15) is 12.4 Å². The fourth-order valence-electron chi connectivity index (χ4n) is 5.72. The number of carbonyl (C=O) groups excluding carboxylic acids is 1. The van der Waals surface area contributed by atoms with Crippen LogP contribution in [-0.2, 0) is 30.7 Å². The molecular formula is C38H40F2N4O2. The molecule has 1 amide bonds. The highest BCUT2D eigenvalue weighted by Gasteiger charge is 2.20. The number of aromatic nitrogens is 2. The van der Waals surface area contributed by atoms with Crippen molar-refractivity contribution in [3.05, 3.63) is 135 Å². The molecule has 6 nitrogen and oxygen atoms in total. The molecule has 238 valence electrons. The summed E-state index contributed by atoms with van der Waals surface area (Å²) >= 11 is 0. The molecule has 0 spiro atoms. The van der Waals surface area contributed by atoms with Crippen molar-refractivity contribution in [1.29, 1.82) is 0 Å². The van der Waals surface area contributed by atoms with Gasteiger partial charge in [0, 0.05) is 26.1 Å². The number of carbonyl (C=O) groups is 1. The molecule has 0 saturated carbocycles. The molecule has 5 rings (SSSR count). The smallest absolute Gasteiger partial charge is 0.280 e. The average Bonchev–Trinajstić information content (AvgIpc) is 3.07. The zero-order valence-electron chi connectivity index (χ0n) is 26.7. The monoisotopic (exact) mass is 622 g/mol. The van der Waals surface area contributed by atoms with E-state index in [0.717, 1.165) is 42.4 Å². The second kappa shape index (κ2) is 15.1. The molecule has 0 aliphatic carbocycles. The third-order valence-corrected chi connectivity index (χ3v) is 8.56. The van der Waals surface area contributed by atoms with Crippen molar-refractivity contribution in [2.45, 2.75) is 46.7 Å². The Balaban J connectivity index is 1.44. The van der Waals surface area contributed by atoms with Gasteiger partial charge in [0.25, 0.3) is 5.56 Å². The number of likely N-dealkylation sites (N-methyl/N-ethyl adjacent to an activating group) is 1. The van der Waals surface area contributed by atoms with E-state index in [1.54, 1.807) is 22.8 Å². The molecule has 1 aromatic heterocycles. The summed E-state index contributed by atoms with van der Waals surface area (Å²) in [4.78, 5) is 35.6. The molecule has 0 N–H and O–H groups in total. The van der Waals surface area contributed by atoms with Gasteiger partial charge < -0.3 is 14.4 Å². The van der Waals surface area contributed by atoms with Crippen LogP contribution in [0.1, 0.15) is 36.4 Å². The number of rotatable bonds is 13. The van der Waals surface area contributed by atoms with E-state index < -0.39 is 17.2 Å². The largest absolute Gasteiger partial charge is 0.336 e. The highest BCUT2D eigenvalue weighted by atomic mass is 19.2. The van der Waals surface area contributed by atoms with Gasteiger partial charge in [0.2, 0.25) is 5.91 Å². The molecule has 8 heteroatoms. The van der Waals surface area contributed by atoms with Crippen molar-refractivity contribution >= 4 is 16.8 Å². The third-order valence-electron chi connectivity index (χ3n) is 8.56. The average molecular weight is 623 g/mol. The summed E-state index contributed by atoms with van der Waals surface area (Å²) in [6.45, 7) is 9.63. The lowest BCUT2D eigenvalue weighted by Gasteiger charge is -2.28. The van der Waals surface area contributed by atoms with Gasteiger partial charge in [-0.25, -0.2) is 8.78 Å². The van der Waals surface area contributed by atoms with Crippen LogP contribution in [0.15, 0.2) is 95.8 Å². The quantitative estimate of drug-likeness (QED) is 0.145. The predicted molar refractivity (Wildman–Crippen MR) is 180 cm³/mol. The molecule has 0 atom stereocenters. The van der Waals surface area contributed by atoms with Gasteiger partial charge in [-0.05, 0) is 66.9 Å². The van der Waals surface area contributed by atoms with Crippen LogP contribution in [0.3, 0.4) is 0 Å². The second-order valence-corrected chi connectivity index (χ2v) is 11.6. The standard InChI is InChI=1S/C38H40F2N4O2/c1-4-42(5-2)23-24-43(25-28-15-19-30(20-16-28)29-17-13-27(3)14-18-29)36(45)26-44-34-12-7-6-10-32(34)38(46)41-35(44)22-21-31-9-8-11-33(39)37(31)40/h6-20H,4-5,21-26H2,1-3H3. The molecule has 46 heavy (non-hydrogen) atoms. The van der Waals surface area contributed by atoms with E-state index in [2.05, 4.69) is 79.2 Å². The Morgan fingerprint density at radius 3 is 2.17 bits per heavy atom. The third kappa shape index (κ3) is 7.74. The van der Waals surface area contributed by atoms with Crippen molar-refractivity contribution in [2.24, 2.45) is 0 Å². The SMILES string of the molecule is CCN(CC)CCN(Cc1ccc(-c2ccc(C)cc2)cc1)C(=O)Cn1c(CCc2cccc(F)c2F)nc(=O)c2ccccc21. The van der Waals surface area contributed by atoms with Gasteiger partial charge in [0.15, 0.2) is 11.6 Å². The van der Waals surface area contributed by atoms with E-state index in [1.807, 2.05) is 11.0 Å². The number of hydrogen-bond donors (Lipinski definition) is 0. The summed E-state index contributed by atoms with van der Waals surface area (Å²) in [5.74, 6) is -1.60. The van der Waals surface area contributed by atoms with E-state index in [9.17, 15) is 18.4 Å². The molecule has 5 aromatic rings. The number of hydrogen-bond acceptors (Lipinski definition) is 4. The first kappa shape index (κ1) is 32.7. The molecule has 0 radical (unpaired) electrons. The maximum Gasteiger partial charge on any atom is 0.280 e. The maximum absolute atomic E-state index is 14.5. The Hall–Kier alpha value is -4.69. The van der Waals surface area contributed by atoms with Crippen molar-refractivity contribution in [2.75, 3.05) is 26.2 Å². The fourth-order valence-corrected chi connectivity index (χ4v) is 5.72. The Morgan fingerprint density at radius 1 is 0.804 bits per heavy atom. The summed E-state index contributed by atoms with van der Waals surface area (Å²) in [5, 5.41) is 0.400. The minimum absolute atomic E-state index is 0.0472. The summed E-state index contributed by atoms with van der Waals surface area (Å²) in [5.41, 5.74) is 4.81. The lowest BCUT2D eigenvalue weighted by atomic mass is 10.0. The predicted octanol–water partition coefficient (Wildman–Crippen LogP) is 6.81. The van der Waals surface area contributed by atoms with Gasteiger partial charge in [-0.2, -0.15) is 4.98 Å². The normalized spacial score (nSPS) is 11.3. The second-order valence-electron chi connectivity index (χ2n) is 11.6. The fraction of sp³-hybridized carbons (Fsp3) is 0.289. The van der Waals surface area contributed by atoms with E-state index in [1.165, 1.54) is 17.7 Å². The van der Waals surface area contributed by atoms with Crippen LogP contribution >= 0.6 is 0 Å². The van der Waals surface area contributed by atoms with Gasteiger partial charge in [-0.3, -0.25) is 9.59 Å². The summed E-state index contributed by atoms with van der Waals surface area (Å²) < 4.78 is 30.1. The molecular weight excluding hydrogens is 582 g/mol. The molecule has 0 bridgehead atoms. The number of amides is 1. The van der Waals surface area contributed by atoms with Crippen LogP contribution in [0.4, 0.5) is 8.78 Å². The molecule has 0 fully saturated rings. The minimum atomic E-state index is -0.924. The zero-order chi connectivity index (χ0) is 32.6. The van der Waals surface area contributed by atoms with Crippen molar-refractivity contribution in [3.63, 3.8) is 0 Å². The topological polar surface area (TPSA) is 58.4 Å². The Bertz CT molecular complexity index is 1850. The molecule has 0 aliphatic rings. The van der Waals surface area contributed by atoms with Crippen LogP contribution in [0.25, 0.3) is 22.0 Å². The number of para-hydroxylation sites is 1. The number of aryl methyl sites for hydroxylation is 3. The van der Waals surface area contributed by atoms with E-state index in [-0.39, 0.29) is 30.9 Å². The van der Waals surface area contributed by atoms with Crippen molar-refractivity contribution in [3.8, 4) is 11.1 Å². The number of nitrogens with zero attached hydrogens (tertiary/aromatic N) is 4. The number of fused-ring (bicyclic) bond motifs is 1. The molecule has 1 heterocycles. The first-order chi connectivity index (χ1) is 22.3. The molecule has 0 aliphatic heterocycles. The molecule has 0 unspecified atom stereocenters. The maximum atomic E-state index is 14.5. The van der Waals surface area contributed by atoms with Gasteiger partial charge in [0.05, 0.1) is 10.9 Å². The summed E-state index contributed by atoms with van der Waals surface area (Å²) in [7, 11) is 0. The lowest BCUT2D eigenvalue weighted by molar-refractivity contribution is -0.132. The Morgan fingerprint density at radius 2 is 1.48 bits per heavy atom. The van der Waals surface area contributed by atoms with Gasteiger partial charge in [-0.1, -0.05) is 92.2 Å². The van der Waals surface area contributed by atoms with E-state index >= 15 is 0 Å². The summed E-state index contributed by atoms with van der Waals surface area (Å²) in [6.07, 6.45) is 0.287. The van der Waals surface area contributed by atoms with Crippen LogP contribution < -0.4 is 5.56 Å². The zero-order valence-corrected chi connectivity index (χ0v) is 26.7. The highest BCUT2D eigenvalue weighted by Crippen LogP contribution is 2.22. The van der Waals surface area contributed by atoms with Gasteiger partial charge in [-0.15, -0.1) is 0 Å². The number of benzene rings is 4. The van der Waals surface area contributed by atoms with Crippen LogP contribution in [-0.4, -0.2) is 51.4 Å². The minimum Gasteiger partial charge on any atom is -0.336 e. The first-order valence-corrected chi connectivity index (χ1v) is 15.8. The highest BCUT2D eigenvalue weighted by molar-refractivity contribution is 5.82. The van der Waals surface area contributed by atoms with Gasteiger partial charge >= 0.3 is 0 Å². The van der Waals surface area contributed by atoms with E-state index in [4.69, 9.17) is 0 Å². The van der Waals surface area contributed by atoms with Crippen LogP contribution in [0, 0.1) is 18.6 Å². The van der Waals surface area contributed by atoms with Crippen LogP contribution in [0.5, 0.6) is 0 Å². The first-order valence-electron chi connectivity index (χ1n) is 15.8. The Labute approximate surface area is 268 Å². The lowest BCUT2D eigenvalue weighted by Crippen LogP contribution is -2.40. The summed E-state index contributed by atoms with van der Waals surface area (Å²) in [6, 6.07) is 27.8. The number of halogens is 2. The van der Waals surface area contributed by atoms with Crippen molar-refractivity contribution in [1.82, 2.24) is 19.4 Å². The Kier molecular flexibility index (Phi) is 10.7. The molecule has 0 saturated heterocycles. The molecule has 4 aromatic carbocycles.